The summed E-state index contributed by atoms with van der Waals surface area (Å²) in [5, 5.41) is 22.8. The molecule has 5 heteroatoms. The van der Waals surface area contributed by atoms with Gasteiger partial charge in [0.1, 0.15) is 0 Å². The minimum atomic E-state index is -0.923. The third kappa shape index (κ3) is 3.66. The fraction of sp³-hybridized carbons (Fsp3) is 0.857. The molecule has 0 spiro atoms. The fourth-order valence-corrected chi connectivity index (χ4v) is 0.670. The number of carbonyl (C=O) groups excluding carboxylic acids is 1. The number of carbonyl (C=O) groups is 1. The van der Waals surface area contributed by atoms with Crippen molar-refractivity contribution in [2.24, 2.45) is 0 Å². The van der Waals surface area contributed by atoms with Crippen molar-refractivity contribution in [2.75, 3.05) is 26.8 Å². The van der Waals surface area contributed by atoms with Gasteiger partial charge in [0.05, 0.1) is 25.3 Å². The highest BCUT2D eigenvalue weighted by atomic mass is 16.3. The Bertz CT molecular complexity index is 146. The fourth-order valence-electron chi connectivity index (χ4n) is 0.670. The summed E-state index contributed by atoms with van der Waals surface area (Å²) in [6.07, 6.45) is 0. The van der Waals surface area contributed by atoms with E-state index in [0.717, 1.165) is 0 Å². The maximum atomic E-state index is 11.0. The van der Waals surface area contributed by atoms with E-state index >= 15 is 0 Å². The number of aliphatic hydroxyl groups is 2. The molecule has 0 saturated carbocycles. The van der Waals surface area contributed by atoms with Crippen molar-refractivity contribution in [2.45, 2.75) is 12.5 Å². The van der Waals surface area contributed by atoms with Gasteiger partial charge in [0.15, 0.2) is 0 Å². The third-order valence-corrected chi connectivity index (χ3v) is 1.48. The maximum absolute atomic E-state index is 11.0. The normalized spacial score (nSPS) is 11.3. The lowest BCUT2D eigenvalue weighted by atomic mass is 10.1. The Hall–Kier alpha value is -0.650. The second-order valence-corrected chi connectivity index (χ2v) is 2.96. The van der Waals surface area contributed by atoms with Crippen molar-refractivity contribution in [1.82, 2.24) is 10.6 Å². The molecule has 0 aromatic heterocycles. The SMILES string of the molecule is CNCC(=O)NC(C)(CO)CO. The minimum Gasteiger partial charge on any atom is -0.394 e. The molecule has 72 valence electrons. The number of nitrogens with one attached hydrogen (secondary N) is 2. The third-order valence-electron chi connectivity index (χ3n) is 1.48. The first kappa shape index (κ1) is 11.4. The van der Waals surface area contributed by atoms with Crippen LogP contribution in [-0.2, 0) is 4.79 Å². The van der Waals surface area contributed by atoms with Crippen molar-refractivity contribution < 1.29 is 15.0 Å². The molecule has 0 rings (SSSR count). The standard InChI is InChI=1S/C7H16N2O3/c1-7(4-10,5-11)9-6(12)3-8-2/h8,10-11H,3-5H2,1-2H3,(H,9,12). The Morgan fingerprint density at radius 3 is 2.25 bits per heavy atom. The predicted octanol–water partition coefficient (Wildman–Crippen LogP) is -1.93. The molecule has 0 aromatic rings. The van der Waals surface area contributed by atoms with E-state index in [2.05, 4.69) is 10.6 Å². The Balaban J connectivity index is 3.93. The summed E-state index contributed by atoms with van der Waals surface area (Å²) in [6.45, 7) is 1.19. The van der Waals surface area contributed by atoms with Crippen molar-refractivity contribution in [3.8, 4) is 0 Å². The zero-order valence-corrected chi connectivity index (χ0v) is 7.42. The lowest BCUT2D eigenvalue weighted by Gasteiger charge is -2.25. The van der Waals surface area contributed by atoms with Crippen molar-refractivity contribution >= 4 is 5.91 Å². The van der Waals surface area contributed by atoms with Gasteiger partial charge in [-0.2, -0.15) is 0 Å². The molecule has 0 aliphatic heterocycles. The van der Waals surface area contributed by atoms with E-state index < -0.39 is 5.54 Å². The smallest absolute Gasteiger partial charge is 0.234 e. The molecular weight excluding hydrogens is 160 g/mol. The molecule has 0 fully saturated rings. The maximum Gasteiger partial charge on any atom is 0.234 e. The van der Waals surface area contributed by atoms with E-state index in [1.165, 1.54) is 0 Å². The first-order valence-corrected chi connectivity index (χ1v) is 3.75. The summed E-state index contributed by atoms with van der Waals surface area (Å²) in [7, 11) is 1.65. The Labute approximate surface area is 71.8 Å². The molecular formula is C7H16N2O3. The second-order valence-electron chi connectivity index (χ2n) is 2.96. The van der Waals surface area contributed by atoms with Crippen LogP contribution in [0, 0.1) is 0 Å². The number of amides is 1. The van der Waals surface area contributed by atoms with E-state index in [4.69, 9.17) is 10.2 Å². The van der Waals surface area contributed by atoms with Gasteiger partial charge in [-0.05, 0) is 14.0 Å². The van der Waals surface area contributed by atoms with Gasteiger partial charge in [0.2, 0.25) is 5.91 Å². The molecule has 5 nitrogen and oxygen atoms in total. The molecule has 1 amide bonds. The van der Waals surface area contributed by atoms with Gasteiger partial charge in [0, 0.05) is 0 Å². The Morgan fingerprint density at radius 1 is 1.42 bits per heavy atom. The van der Waals surface area contributed by atoms with E-state index in [-0.39, 0.29) is 25.7 Å². The predicted molar refractivity (Wildman–Crippen MR) is 44.6 cm³/mol. The number of likely N-dealkylation sites (N-methyl/N-ethyl adjacent to an activating group) is 1. The summed E-state index contributed by atoms with van der Waals surface area (Å²) in [5.74, 6) is -0.247. The van der Waals surface area contributed by atoms with Crippen LogP contribution in [0.3, 0.4) is 0 Å². The molecule has 4 N–H and O–H groups in total. The highest BCUT2D eigenvalue weighted by Gasteiger charge is 2.23. The zero-order chi connectivity index (χ0) is 9.61. The second kappa shape index (κ2) is 5.08. The van der Waals surface area contributed by atoms with Gasteiger partial charge in [-0.3, -0.25) is 4.79 Å². The van der Waals surface area contributed by atoms with E-state index in [1.54, 1.807) is 14.0 Å². The molecule has 12 heavy (non-hydrogen) atoms. The quantitative estimate of drug-likeness (QED) is 0.393. The van der Waals surface area contributed by atoms with Crippen LogP contribution < -0.4 is 10.6 Å². The van der Waals surface area contributed by atoms with E-state index in [9.17, 15) is 4.79 Å². The molecule has 0 unspecified atom stereocenters. The first-order chi connectivity index (χ1) is 5.58. The van der Waals surface area contributed by atoms with Crippen LogP contribution in [0.2, 0.25) is 0 Å². The van der Waals surface area contributed by atoms with Gasteiger partial charge in [-0.1, -0.05) is 0 Å². The summed E-state index contributed by atoms with van der Waals surface area (Å²) in [5.41, 5.74) is -0.923. The minimum absolute atomic E-state index is 0.176. The zero-order valence-electron chi connectivity index (χ0n) is 7.42. The summed E-state index contributed by atoms with van der Waals surface area (Å²) in [6, 6.07) is 0. The van der Waals surface area contributed by atoms with Crippen LogP contribution in [0.15, 0.2) is 0 Å². The summed E-state index contributed by atoms with van der Waals surface area (Å²) in [4.78, 5) is 11.0. The number of hydrogen-bond acceptors (Lipinski definition) is 4. The Kier molecular flexibility index (Phi) is 4.80. The van der Waals surface area contributed by atoms with Crippen LogP contribution in [0.25, 0.3) is 0 Å². The molecule has 0 radical (unpaired) electrons. The van der Waals surface area contributed by atoms with Gasteiger partial charge in [-0.25, -0.2) is 0 Å². The van der Waals surface area contributed by atoms with Crippen molar-refractivity contribution in [1.29, 1.82) is 0 Å². The Morgan fingerprint density at radius 2 is 1.92 bits per heavy atom. The molecule has 0 atom stereocenters. The van der Waals surface area contributed by atoms with Crippen LogP contribution in [-0.4, -0.2) is 48.5 Å². The average molecular weight is 176 g/mol. The highest BCUT2D eigenvalue weighted by Crippen LogP contribution is 1.99. The lowest BCUT2D eigenvalue weighted by Crippen LogP contribution is -2.53. The largest absolute Gasteiger partial charge is 0.394 e. The van der Waals surface area contributed by atoms with E-state index in [1.807, 2.05) is 0 Å². The topological polar surface area (TPSA) is 81.6 Å². The monoisotopic (exact) mass is 176 g/mol. The van der Waals surface area contributed by atoms with Crippen LogP contribution in [0.4, 0.5) is 0 Å². The summed E-state index contributed by atoms with van der Waals surface area (Å²) < 4.78 is 0. The lowest BCUT2D eigenvalue weighted by molar-refractivity contribution is -0.123. The number of hydrogen-bond donors (Lipinski definition) is 4. The van der Waals surface area contributed by atoms with Crippen LogP contribution in [0.5, 0.6) is 0 Å². The van der Waals surface area contributed by atoms with Crippen molar-refractivity contribution in [3.05, 3.63) is 0 Å². The molecule has 0 aromatic carbocycles. The number of rotatable bonds is 5. The molecule has 0 aliphatic carbocycles. The molecule has 0 heterocycles. The van der Waals surface area contributed by atoms with Crippen molar-refractivity contribution in [3.63, 3.8) is 0 Å². The summed E-state index contributed by atoms with van der Waals surface area (Å²) >= 11 is 0. The van der Waals surface area contributed by atoms with Crippen LogP contribution in [0.1, 0.15) is 6.92 Å². The molecule has 0 bridgehead atoms. The molecule has 0 aliphatic rings. The number of aliphatic hydroxyl groups excluding tert-OH is 2. The van der Waals surface area contributed by atoms with Gasteiger partial charge in [0.25, 0.3) is 0 Å². The first-order valence-electron chi connectivity index (χ1n) is 3.75. The molecule has 0 saturated heterocycles. The van der Waals surface area contributed by atoms with Gasteiger partial charge in [-0.15, -0.1) is 0 Å². The average Bonchev–Trinajstić information content (AvgIpc) is 2.05. The van der Waals surface area contributed by atoms with Gasteiger partial charge < -0.3 is 20.8 Å². The van der Waals surface area contributed by atoms with E-state index in [0.29, 0.717) is 0 Å². The highest BCUT2D eigenvalue weighted by molar-refractivity contribution is 5.78. The van der Waals surface area contributed by atoms with Crippen LogP contribution >= 0.6 is 0 Å². The van der Waals surface area contributed by atoms with Gasteiger partial charge >= 0.3 is 0 Å².